The topological polar surface area (TPSA) is 72.9 Å². The third-order valence-corrected chi connectivity index (χ3v) is 2.86. The van der Waals surface area contributed by atoms with Crippen LogP contribution in [0.25, 0.3) is 0 Å². The van der Waals surface area contributed by atoms with Crippen molar-refractivity contribution in [2.75, 3.05) is 13.1 Å². The molecule has 0 aromatic carbocycles. The van der Waals surface area contributed by atoms with E-state index in [1.165, 1.54) is 0 Å². The lowest BCUT2D eigenvalue weighted by molar-refractivity contribution is -0.125. The van der Waals surface area contributed by atoms with Gasteiger partial charge in [0.15, 0.2) is 0 Å². The maximum absolute atomic E-state index is 11.9. The van der Waals surface area contributed by atoms with Crippen LogP contribution in [0.4, 0.5) is 0 Å². The Labute approximate surface area is 109 Å². The van der Waals surface area contributed by atoms with Crippen molar-refractivity contribution in [2.45, 2.75) is 33.2 Å². The molecule has 3 N–H and O–H groups in total. The number of rotatable bonds is 8. The second-order valence-electron chi connectivity index (χ2n) is 5.01. The average Bonchev–Trinajstić information content (AvgIpc) is 2.84. The monoisotopic (exact) mass is 252 g/mol. The molecule has 0 saturated heterocycles. The number of imidazole rings is 1. The zero-order valence-corrected chi connectivity index (χ0v) is 11.3. The molecule has 0 aliphatic rings. The fourth-order valence-electron chi connectivity index (χ4n) is 1.92. The summed E-state index contributed by atoms with van der Waals surface area (Å²) in [6, 6.07) is 0. The average molecular weight is 252 g/mol. The van der Waals surface area contributed by atoms with Gasteiger partial charge in [-0.05, 0) is 18.8 Å². The van der Waals surface area contributed by atoms with E-state index in [0.717, 1.165) is 19.4 Å². The highest BCUT2D eigenvalue weighted by molar-refractivity contribution is 5.78. The van der Waals surface area contributed by atoms with Gasteiger partial charge in [0.25, 0.3) is 0 Å². The highest BCUT2D eigenvalue weighted by atomic mass is 16.1. The summed E-state index contributed by atoms with van der Waals surface area (Å²) in [5.41, 5.74) is 5.63. The number of carbonyl (C=O) groups is 1. The molecule has 5 nitrogen and oxygen atoms in total. The molecule has 0 spiro atoms. The Balaban J connectivity index is 2.19. The van der Waals surface area contributed by atoms with Crippen LogP contribution < -0.4 is 11.1 Å². The van der Waals surface area contributed by atoms with Crippen molar-refractivity contribution in [2.24, 2.45) is 17.6 Å². The predicted molar refractivity (Wildman–Crippen MR) is 71.9 cm³/mol. The summed E-state index contributed by atoms with van der Waals surface area (Å²) in [4.78, 5) is 15.8. The highest BCUT2D eigenvalue weighted by Gasteiger charge is 2.17. The molecule has 1 unspecified atom stereocenters. The number of amides is 1. The summed E-state index contributed by atoms with van der Waals surface area (Å²) < 4.78 is 2.00. The summed E-state index contributed by atoms with van der Waals surface area (Å²) in [5.74, 6) is 0.519. The van der Waals surface area contributed by atoms with Crippen molar-refractivity contribution < 1.29 is 4.79 Å². The molecule has 1 rings (SSSR count). The minimum absolute atomic E-state index is 0.0572. The van der Waals surface area contributed by atoms with Gasteiger partial charge in [0.05, 0.1) is 12.2 Å². The molecule has 0 saturated carbocycles. The van der Waals surface area contributed by atoms with E-state index in [1.807, 2.05) is 10.8 Å². The smallest absolute Gasteiger partial charge is 0.224 e. The lowest BCUT2D eigenvalue weighted by atomic mass is 9.96. The first-order valence-corrected chi connectivity index (χ1v) is 6.57. The zero-order chi connectivity index (χ0) is 13.4. The summed E-state index contributed by atoms with van der Waals surface area (Å²) in [5, 5.41) is 2.95. The third-order valence-electron chi connectivity index (χ3n) is 2.86. The Hall–Kier alpha value is -1.36. The molecule has 5 heteroatoms. The second kappa shape index (κ2) is 7.87. The van der Waals surface area contributed by atoms with Crippen molar-refractivity contribution in [3.63, 3.8) is 0 Å². The third kappa shape index (κ3) is 5.31. The molecule has 1 amide bonds. The Bertz CT molecular complexity index is 335. The lowest BCUT2D eigenvalue weighted by Crippen LogP contribution is -2.36. The van der Waals surface area contributed by atoms with E-state index in [9.17, 15) is 4.79 Å². The lowest BCUT2D eigenvalue weighted by Gasteiger charge is -2.16. The van der Waals surface area contributed by atoms with Gasteiger partial charge in [-0.25, -0.2) is 4.98 Å². The van der Waals surface area contributed by atoms with Gasteiger partial charge in [-0.15, -0.1) is 0 Å². The van der Waals surface area contributed by atoms with Gasteiger partial charge in [-0.3, -0.25) is 4.79 Å². The van der Waals surface area contributed by atoms with Gasteiger partial charge >= 0.3 is 0 Å². The summed E-state index contributed by atoms with van der Waals surface area (Å²) >= 11 is 0. The van der Waals surface area contributed by atoms with Gasteiger partial charge in [-0.1, -0.05) is 13.8 Å². The Morgan fingerprint density at radius 3 is 2.83 bits per heavy atom. The SMILES string of the molecule is CC(C)CC(CN)C(=O)NCCCn1ccnc1. The first-order chi connectivity index (χ1) is 8.63. The number of nitrogens with zero attached hydrogens (tertiary/aromatic N) is 2. The van der Waals surface area contributed by atoms with Crippen molar-refractivity contribution in [1.82, 2.24) is 14.9 Å². The van der Waals surface area contributed by atoms with Gasteiger partial charge < -0.3 is 15.6 Å². The standard InChI is InChI=1S/C13H24N4O/c1-11(2)8-12(9-14)13(18)16-4-3-6-17-7-5-15-10-17/h5,7,10-12H,3-4,6,8-9,14H2,1-2H3,(H,16,18). The number of aromatic nitrogens is 2. The summed E-state index contributed by atoms with van der Waals surface area (Å²) in [6.07, 6.45) is 7.21. The first kappa shape index (κ1) is 14.7. The normalized spacial score (nSPS) is 12.7. The van der Waals surface area contributed by atoms with E-state index in [2.05, 4.69) is 24.1 Å². The molecule has 1 heterocycles. The number of carbonyl (C=O) groups excluding carboxylic acids is 1. The van der Waals surface area contributed by atoms with E-state index < -0.39 is 0 Å². The largest absolute Gasteiger partial charge is 0.356 e. The van der Waals surface area contributed by atoms with Crippen LogP contribution in [0.1, 0.15) is 26.7 Å². The quantitative estimate of drug-likeness (QED) is 0.678. The second-order valence-corrected chi connectivity index (χ2v) is 5.01. The van der Waals surface area contributed by atoms with Crippen LogP contribution in [0.3, 0.4) is 0 Å². The molecule has 0 fully saturated rings. The van der Waals surface area contributed by atoms with Crippen LogP contribution in [0, 0.1) is 11.8 Å². The van der Waals surface area contributed by atoms with E-state index in [-0.39, 0.29) is 11.8 Å². The van der Waals surface area contributed by atoms with Crippen LogP contribution in [0.2, 0.25) is 0 Å². The van der Waals surface area contributed by atoms with Crippen LogP contribution >= 0.6 is 0 Å². The van der Waals surface area contributed by atoms with E-state index in [0.29, 0.717) is 19.0 Å². The van der Waals surface area contributed by atoms with Crippen molar-refractivity contribution in [3.8, 4) is 0 Å². The van der Waals surface area contributed by atoms with Gasteiger partial charge in [0.1, 0.15) is 0 Å². The van der Waals surface area contributed by atoms with Crippen molar-refractivity contribution in [3.05, 3.63) is 18.7 Å². The first-order valence-electron chi connectivity index (χ1n) is 6.57. The van der Waals surface area contributed by atoms with Crippen molar-refractivity contribution in [1.29, 1.82) is 0 Å². The Kier molecular flexibility index (Phi) is 6.43. The molecule has 0 aliphatic carbocycles. The fourth-order valence-corrected chi connectivity index (χ4v) is 1.92. The molecular formula is C13H24N4O. The summed E-state index contributed by atoms with van der Waals surface area (Å²) in [7, 11) is 0. The van der Waals surface area contributed by atoms with E-state index >= 15 is 0 Å². The minimum Gasteiger partial charge on any atom is -0.356 e. The number of hydrogen-bond acceptors (Lipinski definition) is 3. The van der Waals surface area contributed by atoms with E-state index in [1.54, 1.807) is 12.5 Å². The maximum atomic E-state index is 11.9. The molecule has 0 bridgehead atoms. The van der Waals surface area contributed by atoms with Crippen LogP contribution in [-0.2, 0) is 11.3 Å². The number of hydrogen-bond donors (Lipinski definition) is 2. The van der Waals surface area contributed by atoms with Gasteiger partial charge in [0.2, 0.25) is 5.91 Å². The Morgan fingerprint density at radius 1 is 1.50 bits per heavy atom. The molecular weight excluding hydrogens is 228 g/mol. The van der Waals surface area contributed by atoms with Crippen molar-refractivity contribution >= 4 is 5.91 Å². The van der Waals surface area contributed by atoms with Crippen LogP contribution in [-0.4, -0.2) is 28.5 Å². The molecule has 18 heavy (non-hydrogen) atoms. The highest BCUT2D eigenvalue weighted by Crippen LogP contribution is 2.10. The number of nitrogens with one attached hydrogen (secondary N) is 1. The predicted octanol–water partition coefficient (Wildman–Crippen LogP) is 1.01. The zero-order valence-electron chi connectivity index (χ0n) is 11.3. The van der Waals surface area contributed by atoms with Crippen LogP contribution in [0.15, 0.2) is 18.7 Å². The van der Waals surface area contributed by atoms with E-state index in [4.69, 9.17) is 5.73 Å². The number of aryl methyl sites for hydroxylation is 1. The minimum atomic E-state index is -0.0572. The molecule has 1 atom stereocenters. The molecule has 1 aromatic heterocycles. The fraction of sp³-hybridized carbons (Fsp3) is 0.692. The van der Waals surface area contributed by atoms with Gasteiger partial charge in [-0.2, -0.15) is 0 Å². The van der Waals surface area contributed by atoms with Crippen LogP contribution in [0.5, 0.6) is 0 Å². The molecule has 1 aromatic rings. The van der Waals surface area contributed by atoms with Gasteiger partial charge in [0, 0.05) is 32.0 Å². The Morgan fingerprint density at radius 2 is 2.28 bits per heavy atom. The maximum Gasteiger partial charge on any atom is 0.224 e. The molecule has 0 radical (unpaired) electrons. The molecule has 102 valence electrons. The summed E-state index contributed by atoms with van der Waals surface area (Å²) in [6.45, 7) is 6.19. The number of nitrogens with two attached hydrogens (primary N) is 1. The molecule has 0 aliphatic heterocycles.